The Kier molecular flexibility index (Phi) is 7.19. The number of hydrogen-bond acceptors (Lipinski definition) is 1. The fourth-order valence-corrected chi connectivity index (χ4v) is 7.75. The van der Waals surface area contributed by atoms with Gasteiger partial charge in [-0.1, -0.05) is 113 Å². The van der Waals surface area contributed by atoms with E-state index in [-0.39, 0.29) is 6.71 Å². The van der Waals surface area contributed by atoms with E-state index in [4.69, 9.17) is 4.74 Å². The number of aromatic nitrogens is 1. The zero-order chi connectivity index (χ0) is 31.7. The molecule has 0 fully saturated rings. The molecule has 45 heavy (non-hydrogen) atoms. The second-order valence-electron chi connectivity index (χ2n) is 14.2. The number of para-hydroxylation sites is 2. The lowest BCUT2D eigenvalue weighted by molar-refractivity contribution is 0.487. The van der Waals surface area contributed by atoms with Crippen molar-refractivity contribution in [3.63, 3.8) is 0 Å². The number of hydrogen-bond donors (Lipinski definition) is 0. The van der Waals surface area contributed by atoms with Gasteiger partial charge in [0.05, 0.1) is 11.0 Å². The maximum atomic E-state index is 6.82. The highest BCUT2D eigenvalue weighted by Crippen LogP contribution is 2.38. The van der Waals surface area contributed by atoms with Crippen LogP contribution in [0.5, 0.6) is 11.5 Å². The zero-order valence-corrected chi connectivity index (χ0v) is 28.2. The van der Waals surface area contributed by atoms with Crippen LogP contribution in [-0.4, -0.2) is 11.3 Å². The summed E-state index contributed by atoms with van der Waals surface area (Å²) in [6.45, 7) is 20.7. The maximum Gasteiger partial charge on any atom is 0.251 e. The Balaban J connectivity index is 1.52. The summed E-state index contributed by atoms with van der Waals surface area (Å²) in [4.78, 5) is 0. The number of ether oxygens (including phenoxy) is 1. The highest BCUT2D eigenvalue weighted by Gasteiger charge is 2.36. The molecule has 7 rings (SSSR count). The Morgan fingerprint density at radius 3 is 1.93 bits per heavy atom. The third kappa shape index (κ3) is 4.71. The van der Waals surface area contributed by atoms with Crippen molar-refractivity contribution in [1.29, 1.82) is 0 Å². The van der Waals surface area contributed by atoms with Crippen molar-refractivity contribution in [1.82, 2.24) is 4.57 Å². The molecule has 1 aromatic heterocycles. The lowest BCUT2D eigenvalue weighted by Gasteiger charge is -2.32. The summed E-state index contributed by atoms with van der Waals surface area (Å²) in [6.07, 6.45) is 0. The van der Waals surface area contributed by atoms with Crippen LogP contribution in [0.15, 0.2) is 84.9 Å². The van der Waals surface area contributed by atoms with Crippen LogP contribution in [0.1, 0.15) is 92.7 Å². The molecule has 2 nitrogen and oxygen atoms in total. The van der Waals surface area contributed by atoms with E-state index in [1.165, 1.54) is 71.6 Å². The summed E-state index contributed by atoms with van der Waals surface area (Å²) < 4.78 is 9.28. The average molecular weight is 590 g/mol. The molecule has 0 unspecified atom stereocenters. The molecule has 0 saturated carbocycles. The standard InChI is InChI=1S/C42H44BNO/c1-24(2)30-21-33(25(3)4)40(34(22-30)26(5)6)43-36-15-10-11-16-38(36)45-39-23-31(17-18-37(39)43)44-41-28(8)13-12-14-32(41)35-20-27(7)19-29(9)42(35)44/h10-26H,1-9H3. The predicted octanol–water partition coefficient (Wildman–Crippen LogP) is 9.70. The van der Waals surface area contributed by atoms with Gasteiger partial charge < -0.3 is 9.30 Å². The van der Waals surface area contributed by atoms with E-state index in [2.05, 4.69) is 152 Å². The number of nitrogens with zero attached hydrogens (tertiary/aromatic N) is 1. The van der Waals surface area contributed by atoms with Crippen LogP contribution in [0.2, 0.25) is 0 Å². The molecule has 0 radical (unpaired) electrons. The van der Waals surface area contributed by atoms with Crippen molar-refractivity contribution in [2.45, 2.75) is 80.1 Å². The third-order valence-electron chi connectivity index (χ3n) is 9.90. The van der Waals surface area contributed by atoms with E-state index in [9.17, 15) is 0 Å². The minimum atomic E-state index is 0.0966. The predicted molar refractivity (Wildman–Crippen MR) is 195 cm³/mol. The molecule has 0 bridgehead atoms. The largest absolute Gasteiger partial charge is 0.458 e. The molecule has 2 heterocycles. The van der Waals surface area contributed by atoms with Gasteiger partial charge in [-0.15, -0.1) is 0 Å². The van der Waals surface area contributed by atoms with Gasteiger partial charge >= 0.3 is 0 Å². The second kappa shape index (κ2) is 11.0. The number of aryl methyl sites for hydroxylation is 3. The van der Waals surface area contributed by atoms with Crippen LogP contribution in [0.25, 0.3) is 27.5 Å². The Morgan fingerprint density at radius 1 is 0.578 bits per heavy atom. The second-order valence-corrected chi connectivity index (χ2v) is 14.2. The highest BCUT2D eigenvalue weighted by atomic mass is 16.5. The van der Waals surface area contributed by atoms with Crippen LogP contribution in [0.4, 0.5) is 0 Å². The van der Waals surface area contributed by atoms with E-state index in [1.54, 1.807) is 0 Å². The highest BCUT2D eigenvalue weighted by molar-refractivity contribution is 6.97. The minimum Gasteiger partial charge on any atom is -0.458 e. The number of benzene rings is 5. The lowest BCUT2D eigenvalue weighted by atomic mass is 9.34. The van der Waals surface area contributed by atoms with Gasteiger partial charge in [0.25, 0.3) is 6.71 Å². The Hall–Kier alpha value is -4.24. The average Bonchev–Trinajstić information content (AvgIpc) is 3.34. The summed E-state index contributed by atoms with van der Waals surface area (Å²) in [7, 11) is 0. The molecule has 3 heteroatoms. The Morgan fingerprint density at radius 2 is 1.24 bits per heavy atom. The van der Waals surface area contributed by atoms with Crippen molar-refractivity contribution >= 4 is 44.9 Å². The topological polar surface area (TPSA) is 14.2 Å². The van der Waals surface area contributed by atoms with Crippen LogP contribution < -0.4 is 21.1 Å². The molecule has 0 spiro atoms. The van der Waals surface area contributed by atoms with Gasteiger partial charge in [0, 0.05) is 22.5 Å². The first-order chi connectivity index (χ1) is 21.5. The van der Waals surface area contributed by atoms with Crippen LogP contribution >= 0.6 is 0 Å². The van der Waals surface area contributed by atoms with Gasteiger partial charge in [0.2, 0.25) is 0 Å². The van der Waals surface area contributed by atoms with Gasteiger partial charge in [-0.2, -0.15) is 0 Å². The molecule has 6 aromatic rings. The smallest absolute Gasteiger partial charge is 0.251 e. The number of rotatable bonds is 5. The molecule has 0 saturated heterocycles. The quantitative estimate of drug-likeness (QED) is 0.182. The normalized spacial score (nSPS) is 12.8. The monoisotopic (exact) mass is 589 g/mol. The Bertz CT molecular complexity index is 2080. The van der Waals surface area contributed by atoms with E-state index >= 15 is 0 Å². The summed E-state index contributed by atoms with van der Waals surface area (Å²) >= 11 is 0. The van der Waals surface area contributed by atoms with Gasteiger partial charge in [0.1, 0.15) is 11.5 Å². The lowest BCUT2D eigenvalue weighted by Crippen LogP contribution is -2.57. The van der Waals surface area contributed by atoms with Crippen molar-refractivity contribution in [3.05, 3.63) is 118 Å². The molecule has 1 aliphatic heterocycles. The maximum absolute atomic E-state index is 6.82. The van der Waals surface area contributed by atoms with E-state index in [0.717, 1.165) is 17.2 Å². The molecule has 1 aliphatic rings. The van der Waals surface area contributed by atoms with Crippen LogP contribution in [0, 0.1) is 20.8 Å². The van der Waals surface area contributed by atoms with Gasteiger partial charge in [0.15, 0.2) is 0 Å². The molecule has 0 aliphatic carbocycles. The summed E-state index contributed by atoms with van der Waals surface area (Å²) in [5.74, 6) is 3.19. The van der Waals surface area contributed by atoms with Crippen LogP contribution in [0.3, 0.4) is 0 Å². The van der Waals surface area contributed by atoms with E-state index in [0.29, 0.717) is 17.8 Å². The van der Waals surface area contributed by atoms with Gasteiger partial charge in [-0.25, -0.2) is 0 Å². The first-order valence-electron chi connectivity index (χ1n) is 16.6. The molecule has 0 amide bonds. The molecule has 226 valence electrons. The van der Waals surface area contributed by atoms with Gasteiger partial charge in [-0.3, -0.25) is 0 Å². The number of fused-ring (bicyclic) bond motifs is 5. The summed E-state index contributed by atoms with van der Waals surface area (Å²) in [5, 5.41) is 2.61. The molecular weight excluding hydrogens is 545 g/mol. The molecule has 0 atom stereocenters. The fraction of sp³-hybridized carbons (Fsp3) is 0.286. The summed E-state index contributed by atoms with van der Waals surface area (Å²) in [6, 6.07) is 31.9. The first kappa shape index (κ1) is 29.5. The Labute approximate surface area is 269 Å². The van der Waals surface area contributed by atoms with Crippen molar-refractivity contribution in [3.8, 4) is 17.2 Å². The fourth-order valence-electron chi connectivity index (χ4n) is 7.75. The van der Waals surface area contributed by atoms with Crippen molar-refractivity contribution < 1.29 is 4.74 Å². The summed E-state index contributed by atoms with van der Waals surface area (Å²) in [5.41, 5.74) is 15.8. The van der Waals surface area contributed by atoms with Crippen molar-refractivity contribution in [2.75, 3.05) is 0 Å². The zero-order valence-electron chi connectivity index (χ0n) is 28.2. The van der Waals surface area contributed by atoms with E-state index < -0.39 is 0 Å². The SMILES string of the molecule is Cc1cc(C)c2c(c1)c1cccc(C)c1n2-c1ccc2c(c1)Oc1ccccc1B2c1c(C(C)C)cc(C(C)C)cc1C(C)C. The van der Waals surface area contributed by atoms with Crippen LogP contribution in [-0.2, 0) is 0 Å². The molecule has 0 N–H and O–H groups in total. The third-order valence-corrected chi connectivity index (χ3v) is 9.90. The minimum absolute atomic E-state index is 0.0966. The first-order valence-corrected chi connectivity index (χ1v) is 16.6. The van der Waals surface area contributed by atoms with Gasteiger partial charge in [-0.05, 0) is 95.5 Å². The molecule has 5 aromatic carbocycles. The molecular formula is C42H44BNO. The van der Waals surface area contributed by atoms with Crippen molar-refractivity contribution in [2.24, 2.45) is 0 Å². The van der Waals surface area contributed by atoms with E-state index in [1.807, 2.05) is 0 Å².